The minimum absolute atomic E-state index is 0.0684. The monoisotopic (exact) mass is 492 g/mol. The summed E-state index contributed by atoms with van der Waals surface area (Å²) in [5, 5.41) is 3.36. The van der Waals surface area contributed by atoms with Crippen molar-refractivity contribution in [1.82, 2.24) is 4.98 Å². The minimum Gasteiger partial charge on any atom is -0.497 e. The molecule has 0 aliphatic carbocycles. The van der Waals surface area contributed by atoms with Gasteiger partial charge in [0, 0.05) is 30.8 Å². The number of carbonyl (C=O) groups excluding carboxylic acids is 3. The fourth-order valence-corrected chi connectivity index (χ4v) is 4.82. The van der Waals surface area contributed by atoms with Crippen LogP contribution in [0.15, 0.2) is 54.6 Å². The Kier molecular flexibility index (Phi) is 7.77. The number of ketones is 1. The second-order valence-electron chi connectivity index (χ2n) is 8.19. The number of hydrogen-bond donors (Lipinski definition) is 1. The van der Waals surface area contributed by atoms with E-state index in [1.165, 1.54) is 11.3 Å². The number of nitrogens with one attached hydrogen (secondary N) is 1. The number of benzene rings is 2. The SMILES string of the molecule is CCCCC(=O)Nc1nc(N2CCN(c3ccc(OC)cc3)C(=O)C2)sc1C(=O)c1ccccc1. The summed E-state index contributed by atoms with van der Waals surface area (Å²) in [5.74, 6) is 0.535. The zero-order valence-corrected chi connectivity index (χ0v) is 20.6. The highest BCUT2D eigenvalue weighted by atomic mass is 32.1. The van der Waals surface area contributed by atoms with Crippen molar-refractivity contribution < 1.29 is 19.1 Å². The summed E-state index contributed by atoms with van der Waals surface area (Å²) in [4.78, 5) is 47.2. The summed E-state index contributed by atoms with van der Waals surface area (Å²) < 4.78 is 5.20. The molecular weight excluding hydrogens is 464 g/mol. The quantitative estimate of drug-likeness (QED) is 0.446. The van der Waals surface area contributed by atoms with E-state index in [9.17, 15) is 14.4 Å². The highest BCUT2D eigenvalue weighted by molar-refractivity contribution is 7.18. The minimum atomic E-state index is -0.205. The predicted molar refractivity (Wildman–Crippen MR) is 138 cm³/mol. The highest BCUT2D eigenvalue weighted by Crippen LogP contribution is 2.33. The van der Waals surface area contributed by atoms with Crippen molar-refractivity contribution in [3.05, 3.63) is 65.0 Å². The number of carbonyl (C=O) groups is 3. The zero-order valence-electron chi connectivity index (χ0n) is 19.8. The van der Waals surface area contributed by atoms with E-state index in [1.807, 2.05) is 42.2 Å². The van der Waals surface area contributed by atoms with Gasteiger partial charge in [-0.15, -0.1) is 0 Å². The first-order valence-electron chi connectivity index (χ1n) is 11.6. The molecule has 0 saturated carbocycles. The molecule has 1 aliphatic rings. The first-order valence-corrected chi connectivity index (χ1v) is 12.4. The van der Waals surface area contributed by atoms with E-state index in [0.29, 0.717) is 35.1 Å². The molecule has 1 fully saturated rings. The fourth-order valence-electron chi connectivity index (χ4n) is 3.81. The van der Waals surface area contributed by atoms with Gasteiger partial charge in [-0.1, -0.05) is 55.0 Å². The number of rotatable bonds is 9. The van der Waals surface area contributed by atoms with Crippen molar-refractivity contribution in [2.75, 3.05) is 41.9 Å². The van der Waals surface area contributed by atoms with Gasteiger partial charge in [0.1, 0.15) is 10.6 Å². The van der Waals surface area contributed by atoms with E-state index >= 15 is 0 Å². The van der Waals surface area contributed by atoms with Crippen LogP contribution in [-0.4, -0.2) is 49.3 Å². The zero-order chi connectivity index (χ0) is 24.8. The molecule has 1 saturated heterocycles. The summed E-state index contributed by atoms with van der Waals surface area (Å²) in [6.45, 7) is 3.17. The lowest BCUT2D eigenvalue weighted by Crippen LogP contribution is -2.50. The highest BCUT2D eigenvalue weighted by Gasteiger charge is 2.29. The first-order chi connectivity index (χ1) is 17.0. The van der Waals surface area contributed by atoms with Crippen molar-refractivity contribution >= 4 is 45.6 Å². The number of thiazole rings is 1. The molecule has 1 N–H and O–H groups in total. The lowest BCUT2D eigenvalue weighted by Gasteiger charge is -2.34. The van der Waals surface area contributed by atoms with Crippen LogP contribution in [0.5, 0.6) is 5.75 Å². The number of aromatic nitrogens is 1. The normalized spacial score (nSPS) is 13.6. The van der Waals surface area contributed by atoms with Gasteiger partial charge in [0.15, 0.2) is 10.9 Å². The van der Waals surface area contributed by atoms with E-state index in [1.54, 1.807) is 36.3 Å². The molecule has 3 aromatic rings. The number of methoxy groups -OCH3 is 1. The molecule has 182 valence electrons. The third-order valence-electron chi connectivity index (χ3n) is 5.75. The standard InChI is InChI=1S/C26H28N4O4S/c1-3-4-10-21(31)27-25-24(23(33)18-8-6-5-7-9-18)35-26(28-25)29-15-16-30(22(32)17-29)19-11-13-20(34-2)14-12-19/h5-9,11-14H,3-4,10,15-17H2,1-2H3,(H,27,31). The van der Waals surface area contributed by atoms with Gasteiger partial charge in [-0.05, 0) is 30.7 Å². The molecule has 4 rings (SSSR count). The summed E-state index contributed by atoms with van der Waals surface area (Å²) in [7, 11) is 1.60. The number of ether oxygens (including phenoxy) is 1. The van der Waals surface area contributed by atoms with Crippen LogP contribution in [0, 0.1) is 0 Å². The summed E-state index contributed by atoms with van der Waals surface area (Å²) in [6, 6.07) is 16.3. The van der Waals surface area contributed by atoms with Gasteiger partial charge in [0.05, 0.1) is 13.7 Å². The van der Waals surface area contributed by atoms with E-state index < -0.39 is 0 Å². The van der Waals surface area contributed by atoms with Gasteiger partial charge in [-0.2, -0.15) is 0 Å². The lowest BCUT2D eigenvalue weighted by atomic mass is 10.1. The molecule has 9 heteroatoms. The molecule has 0 atom stereocenters. The molecule has 0 unspecified atom stereocenters. The average Bonchev–Trinajstić information content (AvgIpc) is 3.31. The van der Waals surface area contributed by atoms with Gasteiger partial charge < -0.3 is 19.9 Å². The van der Waals surface area contributed by atoms with Gasteiger partial charge >= 0.3 is 0 Å². The van der Waals surface area contributed by atoms with Gasteiger partial charge in [-0.25, -0.2) is 4.98 Å². The van der Waals surface area contributed by atoms with Crippen molar-refractivity contribution in [2.24, 2.45) is 0 Å². The fraction of sp³-hybridized carbons (Fsp3) is 0.308. The Bertz CT molecular complexity index is 1190. The second kappa shape index (κ2) is 11.1. The molecule has 1 aliphatic heterocycles. The van der Waals surface area contributed by atoms with Crippen LogP contribution < -0.4 is 19.9 Å². The topological polar surface area (TPSA) is 91.8 Å². The number of nitrogens with zero attached hydrogens (tertiary/aromatic N) is 3. The Hall–Kier alpha value is -3.72. The van der Waals surface area contributed by atoms with Crippen LogP contribution >= 0.6 is 11.3 Å². The van der Waals surface area contributed by atoms with E-state index in [2.05, 4.69) is 10.3 Å². The molecular formula is C26H28N4O4S. The molecule has 2 amide bonds. The molecule has 2 heterocycles. The molecule has 8 nitrogen and oxygen atoms in total. The largest absolute Gasteiger partial charge is 0.497 e. The third-order valence-corrected chi connectivity index (χ3v) is 6.86. The average molecular weight is 493 g/mol. The Morgan fingerprint density at radius 3 is 2.49 bits per heavy atom. The molecule has 0 spiro atoms. The number of piperazine rings is 1. The number of unbranched alkanes of at least 4 members (excludes halogenated alkanes) is 1. The van der Waals surface area contributed by atoms with Crippen molar-refractivity contribution in [1.29, 1.82) is 0 Å². The first kappa shape index (κ1) is 24.4. The Morgan fingerprint density at radius 1 is 1.09 bits per heavy atom. The van der Waals surface area contributed by atoms with Gasteiger partial charge in [0.2, 0.25) is 17.6 Å². The van der Waals surface area contributed by atoms with Crippen LogP contribution in [-0.2, 0) is 9.59 Å². The van der Waals surface area contributed by atoms with Crippen molar-refractivity contribution in [2.45, 2.75) is 26.2 Å². The van der Waals surface area contributed by atoms with E-state index in [4.69, 9.17) is 4.74 Å². The van der Waals surface area contributed by atoms with Gasteiger partial charge in [0.25, 0.3) is 0 Å². The summed E-state index contributed by atoms with van der Waals surface area (Å²) in [5.41, 5.74) is 1.32. The summed E-state index contributed by atoms with van der Waals surface area (Å²) >= 11 is 1.20. The van der Waals surface area contributed by atoms with Crippen molar-refractivity contribution in [3.63, 3.8) is 0 Å². The molecule has 0 radical (unpaired) electrons. The molecule has 1 aromatic heterocycles. The third kappa shape index (κ3) is 5.68. The number of amides is 2. The van der Waals surface area contributed by atoms with Crippen molar-refractivity contribution in [3.8, 4) is 5.75 Å². The van der Waals surface area contributed by atoms with Crippen LogP contribution in [0.25, 0.3) is 0 Å². The summed E-state index contributed by atoms with van der Waals surface area (Å²) in [6.07, 6.45) is 2.01. The maximum atomic E-state index is 13.2. The Morgan fingerprint density at radius 2 is 1.83 bits per heavy atom. The van der Waals surface area contributed by atoms with E-state index in [-0.39, 0.29) is 30.0 Å². The van der Waals surface area contributed by atoms with Crippen LogP contribution in [0.2, 0.25) is 0 Å². The molecule has 0 bridgehead atoms. The maximum absolute atomic E-state index is 13.2. The molecule has 35 heavy (non-hydrogen) atoms. The maximum Gasteiger partial charge on any atom is 0.246 e. The van der Waals surface area contributed by atoms with Crippen LogP contribution in [0.4, 0.5) is 16.6 Å². The van der Waals surface area contributed by atoms with E-state index in [0.717, 1.165) is 24.3 Å². The van der Waals surface area contributed by atoms with Crippen LogP contribution in [0.1, 0.15) is 41.4 Å². The second-order valence-corrected chi connectivity index (χ2v) is 9.16. The predicted octanol–water partition coefficient (Wildman–Crippen LogP) is 4.36. The van der Waals surface area contributed by atoms with Gasteiger partial charge in [-0.3, -0.25) is 14.4 Å². The smallest absolute Gasteiger partial charge is 0.246 e. The Labute approximate surface area is 208 Å². The molecule has 2 aromatic carbocycles. The lowest BCUT2D eigenvalue weighted by molar-refractivity contribution is -0.118. The Balaban J connectivity index is 1.55. The van der Waals surface area contributed by atoms with Crippen LogP contribution in [0.3, 0.4) is 0 Å². The number of anilines is 3. The number of hydrogen-bond acceptors (Lipinski definition) is 7.